The first kappa shape index (κ1) is 21.3. The van der Waals surface area contributed by atoms with Gasteiger partial charge in [-0.1, -0.05) is 15.9 Å². The number of nitrogens with zero attached hydrogens (tertiary/aromatic N) is 2. The van der Waals surface area contributed by atoms with Crippen molar-refractivity contribution in [1.82, 2.24) is 9.80 Å². The number of halogens is 2. The quantitative estimate of drug-likeness (QED) is 0.649. The number of sulfone groups is 1. The van der Waals surface area contributed by atoms with Gasteiger partial charge in [0.15, 0.2) is 21.4 Å². The minimum absolute atomic E-state index is 0.0414. The molecule has 0 spiro atoms. The highest BCUT2D eigenvalue weighted by Gasteiger charge is 2.34. The van der Waals surface area contributed by atoms with Gasteiger partial charge >= 0.3 is 0 Å². The Hall–Kier alpha value is -1.97. The van der Waals surface area contributed by atoms with Crippen molar-refractivity contribution in [2.24, 2.45) is 0 Å². The summed E-state index contributed by atoms with van der Waals surface area (Å²) in [5.74, 6) is 0.167. The van der Waals surface area contributed by atoms with Crippen LogP contribution < -0.4 is 4.74 Å². The van der Waals surface area contributed by atoms with E-state index in [1.807, 2.05) is 0 Å². The maximum atomic E-state index is 14.5. The summed E-state index contributed by atoms with van der Waals surface area (Å²) in [7, 11) is -2.93. The highest BCUT2D eigenvalue weighted by molar-refractivity contribution is 9.10. The van der Waals surface area contributed by atoms with Crippen molar-refractivity contribution in [2.45, 2.75) is 12.5 Å². The molecule has 1 atom stereocenters. The molecule has 6 nitrogen and oxygen atoms in total. The molecule has 0 saturated carbocycles. The molecule has 0 aliphatic carbocycles. The normalized spacial score (nSPS) is 21.5. The van der Waals surface area contributed by atoms with Crippen LogP contribution >= 0.6 is 15.9 Å². The number of rotatable bonds is 4. The number of hydrogen-bond donors (Lipinski definition) is 0. The molecule has 9 heteroatoms. The van der Waals surface area contributed by atoms with Gasteiger partial charge in [0.2, 0.25) is 0 Å². The van der Waals surface area contributed by atoms with Gasteiger partial charge in [0.05, 0.1) is 11.5 Å². The Kier molecular flexibility index (Phi) is 6.13. The summed E-state index contributed by atoms with van der Waals surface area (Å²) >= 11 is 3.33. The fraction of sp³-hybridized carbons (Fsp3) is 0.381. The van der Waals surface area contributed by atoms with E-state index in [-0.39, 0.29) is 34.8 Å². The third-order valence-electron chi connectivity index (χ3n) is 5.55. The third-order valence-corrected chi connectivity index (χ3v) is 7.83. The molecule has 0 bridgehead atoms. The lowest BCUT2D eigenvalue weighted by Crippen LogP contribution is -2.52. The molecule has 2 fully saturated rings. The molecule has 0 aromatic heterocycles. The van der Waals surface area contributed by atoms with Crippen LogP contribution in [0.2, 0.25) is 0 Å². The maximum absolute atomic E-state index is 14.5. The molecular formula is C21H22BrFN2O4S. The highest BCUT2D eigenvalue weighted by atomic mass is 79.9. The number of hydrogen-bond acceptors (Lipinski definition) is 5. The van der Waals surface area contributed by atoms with Crippen LogP contribution in [0.1, 0.15) is 16.8 Å². The van der Waals surface area contributed by atoms with E-state index in [2.05, 4.69) is 20.8 Å². The summed E-state index contributed by atoms with van der Waals surface area (Å²) in [6.45, 7) is 2.24. The van der Waals surface area contributed by atoms with Gasteiger partial charge in [-0.05, 0) is 48.9 Å². The van der Waals surface area contributed by atoms with E-state index in [9.17, 15) is 17.6 Å². The molecule has 2 saturated heterocycles. The van der Waals surface area contributed by atoms with E-state index in [4.69, 9.17) is 4.74 Å². The predicted molar refractivity (Wildman–Crippen MR) is 115 cm³/mol. The molecule has 4 rings (SSSR count). The lowest BCUT2D eigenvalue weighted by molar-refractivity contribution is 0.0587. The van der Waals surface area contributed by atoms with Crippen LogP contribution in [0.3, 0.4) is 0 Å². The van der Waals surface area contributed by atoms with Crippen molar-refractivity contribution in [1.29, 1.82) is 0 Å². The lowest BCUT2D eigenvalue weighted by atomic mass is 10.1. The van der Waals surface area contributed by atoms with Crippen molar-refractivity contribution in [3.8, 4) is 11.5 Å². The average molecular weight is 497 g/mol. The van der Waals surface area contributed by atoms with Crippen molar-refractivity contribution in [3.63, 3.8) is 0 Å². The topological polar surface area (TPSA) is 66.9 Å². The second-order valence-corrected chi connectivity index (χ2v) is 10.7. The van der Waals surface area contributed by atoms with Crippen molar-refractivity contribution in [3.05, 3.63) is 58.3 Å². The van der Waals surface area contributed by atoms with Crippen LogP contribution in [0.5, 0.6) is 11.5 Å². The van der Waals surface area contributed by atoms with E-state index in [1.165, 1.54) is 12.1 Å². The Balaban J connectivity index is 1.37. The second-order valence-electron chi connectivity index (χ2n) is 7.59. The lowest BCUT2D eigenvalue weighted by Gasteiger charge is -2.37. The summed E-state index contributed by atoms with van der Waals surface area (Å²) in [5, 5.41) is 0. The molecule has 1 amide bonds. The van der Waals surface area contributed by atoms with E-state index in [0.717, 1.165) is 4.47 Å². The summed E-state index contributed by atoms with van der Waals surface area (Å²) in [4.78, 5) is 16.6. The highest BCUT2D eigenvalue weighted by Crippen LogP contribution is 2.27. The van der Waals surface area contributed by atoms with Gasteiger partial charge in [-0.25, -0.2) is 12.8 Å². The van der Waals surface area contributed by atoms with Gasteiger partial charge in [-0.3, -0.25) is 9.69 Å². The van der Waals surface area contributed by atoms with Crippen molar-refractivity contribution < 1.29 is 22.3 Å². The van der Waals surface area contributed by atoms with Crippen molar-refractivity contribution in [2.75, 3.05) is 37.7 Å². The van der Waals surface area contributed by atoms with Gasteiger partial charge in [0, 0.05) is 42.3 Å². The summed E-state index contributed by atoms with van der Waals surface area (Å²) in [5.41, 5.74) is 0.271. The molecule has 2 aromatic rings. The Labute approximate surface area is 183 Å². The zero-order valence-corrected chi connectivity index (χ0v) is 18.7. The maximum Gasteiger partial charge on any atom is 0.254 e. The average Bonchev–Trinajstić information content (AvgIpc) is 3.10. The molecule has 2 aliphatic heterocycles. The molecule has 30 heavy (non-hydrogen) atoms. The van der Waals surface area contributed by atoms with Gasteiger partial charge in [-0.15, -0.1) is 0 Å². The van der Waals surface area contributed by atoms with E-state index >= 15 is 0 Å². The minimum atomic E-state index is -2.93. The summed E-state index contributed by atoms with van der Waals surface area (Å²) < 4.78 is 44.3. The van der Waals surface area contributed by atoms with Gasteiger partial charge in [0.25, 0.3) is 5.91 Å². The summed E-state index contributed by atoms with van der Waals surface area (Å²) in [6.07, 6.45) is 0.654. The third kappa shape index (κ3) is 4.84. The smallest absolute Gasteiger partial charge is 0.254 e. The second kappa shape index (κ2) is 8.64. The van der Waals surface area contributed by atoms with E-state index in [0.29, 0.717) is 38.3 Å². The number of piperazine rings is 1. The number of carbonyl (C=O) groups is 1. The first-order valence-electron chi connectivity index (χ1n) is 9.77. The standard InChI is InChI=1S/C21H22BrFN2O4S/c22-16-2-4-18(5-3-16)29-20-6-1-15(13-19(20)23)21(26)25-10-8-24(9-11-25)17-7-12-30(27,28)14-17/h1-6,13,17H,7-12,14H2. The molecule has 2 heterocycles. The van der Waals surface area contributed by atoms with Crippen LogP contribution in [0.15, 0.2) is 46.9 Å². The fourth-order valence-corrected chi connectivity index (χ4v) is 5.91. The van der Waals surface area contributed by atoms with Gasteiger partial charge < -0.3 is 9.64 Å². The molecule has 0 radical (unpaired) electrons. The number of carbonyl (C=O) groups excluding carboxylic acids is 1. The zero-order valence-electron chi connectivity index (χ0n) is 16.3. The predicted octanol–water partition coefficient (Wildman–Crippen LogP) is 3.33. The molecule has 160 valence electrons. The first-order chi connectivity index (χ1) is 14.3. The fourth-order valence-electron chi connectivity index (χ4n) is 3.88. The van der Waals surface area contributed by atoms with Crippen LogP contribution in [-0.2, 0) is 9.84 Å². The Bertz CT molecular complexity index is 1040. The molecule has 2 aliphatic rings. The summed E-state index contributed by atoms with van der Waals surface area (Å²) in [6, 6.07) is 11.3. The van der Waals surface area contributed by atoms with Crippen LogP contribution in [-0.4, -0.2) is 67.9 Å². The Morgan fingerprint density at radius 2 is 1.77 bits per heavy atom. The van der Waals surface area contributed by atoms with Gasteiger partial charge in [0.1, 0.15) is 5.75 Å². The molecule has 0 N–H and O–H groups in total. The van der Waals surface area contributed by atoms with Crippen LogP contribution in [0.25, 0.3) is 0 Å². The number of ether oxygens (including phenoxy) is 1. The molecular weight excluding hydrogens is 475 g/mol. The Morgan fingerprint density at radius 1 is 1.07 bits per heavy atom. The monoisotopic (exact) mass is 496 g/mol. The van der Waals surface area contributed by atoms with Gasteiger partial charge in [-0.2, -0.15) is 0 Å². The van der Waals surface area contributed by atoms with Crippen molar-refractivity contribution >= 4 is 31.7 Å². The van der Waals surface area contributed by atoms with E-state index < -0.39 is 15.7 Å². The van der Waals surface area contributed by atoms with Crippen LogP contribution in [0, 0.1) is 5.82 Å². The number of amides is 1. The zero-order chi connectivity index (χ0) is 21.3. The van der Waals surface area contributed by atoms with Crippen LogP contribution in [0.4, 0.5) is 4.39 Å². The Morgan fingerprint density at radius 3 is 2.37 bits per heavy atom. The number of benzene rings is 2. The minimum Gasteiger partial charge on any atom is -0.454 e. The first-order valence-corrected chi connectivity index (χ1v) is 12.4. The van der Waals surface area contributed by atoms with E-state index in [1.54, 1.807) is 35.2 Å². The largest absolute Gasteiger partial charge is 0.454 e. The molecule has 1 unspecified atom stereocenters. The molecule has 2 aromatic carbocycles. The SMILES string of the molecule is O=C(c1ccc(Oc2ccc(Br)cc2)c(F)c1)N1CCN(C2CCS(=O)(=O)C2)CC1.